The molecular formula is C11H17N3OS. The molecule has 0 N–H and O–H groups in total. The summed E-state index contributed by atoms with van der Waals surface area (Å²) in [5, 5.41) is 0.810. The van der Waals surface area contributed by atoms with E-state index in [-0.39, 0.29) is 0 Å². The van der Waals surface area contributed by atoms with Crippen molar-refractivity contribution in [1.29, 1.82) is 0 Å². The normalized spacial score (nSPS) is 10.0. The molecule has 0 bridgehead atoms. The van der Waals surface area contributed by atoms with Gasteiger partial charge in [-0.25, -0.2) is 15.0 Å². The van der Waals surface area contributed by atoms with Crippen LogP contribution in [0.3, 0.4) is 0 Å². The van der Waals surface area contributed by atoms with Gasteiger partial charge in [-0.3, -0.25) is 0 Å². The molecule has 1 aromatic rings. The number of hydrogen-bond acceptors (Lipinski definition) is 5. The maximum atomic E-state index is 5.04. The number of ether oxygens (including phenoxy) is 1. The van der Waals surface area contributed by atoms with Crippen LogP contribution < -0.4 is 0 Å². The lowest BCUT2D eigenvalue weighted by atomic mass is 10.2. The molecule has 0 saturated carbocycles. The van der Waals surface area contributed by atoms with Crippen molar-refractivity contribution in [1.82, 2.24) is 15.0 Å². The number of aromatic nitrogens is 3. The predicted molar refractivity (Wildman–Crippen MR) is 65.2 cm³/mol. The Morgan fingerprint density at radius 1 is 1.19 bits per heavy atom. The molecule has 0 unspecified atom stereocenters. The summed E-state index contributed by atoms with van der Waals surface area (Å²) in [5.74, 6) is 1.06. The van der Waals surface area contributed by atoms with E-state index in [4.69, 9.17) is 4.74 Å². The van der Waals surface area contributed by atoms with Crippen LogP contribution in [-0.2, 0) is 4.74 Å². The molecule has 0 aliphatic carbocycles. The summed E-state index contributed by atoms with van der Waals surface area (Å²) in [6.07, 6.45) is 9.26. The SMILES string of the molecule is C=COCCCCCCSc1ncncn1. The van der Waals surface area contributed by atoms with Gasteiger partial charge < -0.3 is 4.74 Å². The molecule has 0 aromatic carbocycles. The van der Waals surface area contributed by atoms with E-state index in [1.807, 2.05) is 0 Å². The smallest absolute Gasteiger partial charge is 0.190 e. The summed E-state index contributed by atoms with van der Waals surface area (Å²) < 4.78 is 5.04. The molecule has 1 aromatic heterocycles. The van der Waals surface area contributed by atoms with Crippen molar-refractivity contribution in [3.63, 3.8) is 0 Å². The molecule has 1 rings (SSSR count). The standard InChI is InChI=1S/C11H17N3OS/c1-2-15-7-5-3-4-6-8-16-11-13-9-12-10-14-11/h2,9-10H,1,3-8H2. The molecule has 0 aliphatic heterocycles. The summed E-state index contributed by atoms with van der Waals surface area (Å²) in [6.45, 7) is 4.28. The van der Waals surface area contributed by atoms with Gasteiger partial charge in [0.2, 0.25) is 0 Å². The minimum Gasteiger partial charge on any atom is -0.502 e. The van der Waals surface area contributed by atoms with Crippen molar-refractivity contribution in [2.75, 3.05) is 12.4 Å². The lowest BCUT2D eigenvalue weighted by molar-refractivity contribution is 0.242. The Kier molecular flexibility index (Phi) is 7.42. The van der Waals surface area contributed by atoms with Crippen LogP contribution in [0, 0.1) is 0 Å². The molecule has 5 heteroatoms. The number of unbranched alkanes of at least 4 members (excludes halogenated alkanes) is 3. The minimum atomic E-state index is 0.782. The number of rotatable bonds is 9. The first-order valence-corrected chi connectivity index (χ1v) is 6.39. The van der Waals surface area contributed by atoms with Crippen molar-refractivity contribution in [2.24, 2.45) is 0 Å². The van der Waals surface area contributed by atoms with Gasteiger partial charge in [-0.05, 0) is 12.8 Å². The maximum Gasteiger partial charge on any atom is 0.190 e. The zero-order valence-electron chi connectivity index (χ0n) is 9.34. The Hall–Kier alpha value is -1.10. The van der Waals surface area contributed by atoms with Gasteiger partial charge in [-0.1, -0.05) is 31.2 Å². The van der Waals surface area contributed by atoms with Gasteiger partial charge in [0.15, 0.2) is 5.16 Å². The molecule has 4 nitrogen and oxygen atoms in total. The molecular weight excluding hydrogens is 222 g/mol. The van der Waals surface area contributed by atoms with Gasteiger partial charge in [0, 0.05) is 5.75 Å². The van der Waals surface area contributed by atoms with Crippen LogP contribution in [-0.4, -0.2) is 27.3 Å². The van der Waals surface area contributed by atoms with E-state index in [1.165, 1.54) is 38.2 Å². The third kappa shape index (κ3) is 6.40. The highest BCUT2D eigenvalue weighted by Gasteiger charge is 1.96. The van der Waals surface area contributed by atoms with Crippen molar-refractivity contribution >= 4 is 11.8 Å². The fraction of sp³-hybridized carbons (Fsp3) is 0.545. The zero-order valence-corrected chi connectivity index (χ0v) is 10.2. The molecule has 88 valence electrons. The van der Waals surface area contributed by atoms with Crippen LogP contribution in [0.1, 0.15) is 25.7 Å². The molecule has 0 saturated heterocycles. The van der Waals surface area contributed by atoms with Crippen LogP contribution in [0.25, 0.3) is 0 Å². The Labute approximate surface area is 101 Å². The number of thioether (sulfide) groups is 1. The third-order valence-electron chi connectivity index (χ3n) is 1.98. The summed E-state index contributed by atoms with van der Waals surface area (Å²) in [5.41, 5.74) is 0. The molecule has 1 heterocycles. The van der Waals surface area contributed by atoms with Crippen molar-refractivity contribution < 1.29 is 4.74 Å². The Morgan fingerprint density at radius 2 is 1.94 bits per heavy atom. The van der Waals surface area contributed by atoms with Crippen molar-refractivity contribution in [3.05, 3.63) is 25.5 Å². The van der Waals surface area contributed by atoms with E-state index in [0.717, 1.165) is 23.9 Å². The van der Waals surface area contributed by atoms with Gasteiger partial charge in [-0.15, -0.1) is 0 Å². The minimum absolute atomic E-state index is 0.782. The van der Waals surface area contributed by atoms with Crippen LogP contribution >= 0.6 is 11.8 Å². The predicted octanol–water partition coefficient (Wildman–Crippen LogP) is 2.68. The first-order chi connectivity index (χ1) is 7.93. The topological polar surface area (TPSA) is 47.9 Å². The van der Waals surface area contributed by atoms with E-state index < -0.39 is 0 Å². The maximum absolute atomic E-state index is 5.04. The summed E-state index contributed by atoms with van der Waals surface area (Å²) in [7, 11) is 0. The van der Waals surface area contributed by atoms with E-state index in [1.54, 1.807) is 11.8 Å². The van der Waals surface area contributed by atoms with Gasteiger partial charge in [0.25, 0.3) is 0 Å². The Morgan fingerprint density at radius 3 is 2.69 bits per heavy atom. The lowest BCUT2D eigenvalue weighted by Crippen LogP contribution is -1.90. The second kappa shape index (κ2) is 9.15. The quantitative estimate of drug-likeness (QED) is 0.377. The van der Waals surface area contributed by atoms with E-state index in [0.29, 0.717) is 0 Å². The van der Waals surface area contributed by atoms with Gasteiger partial charge >= 0.3 is 0 Å². The van der Waals surface area contributed by atoms with Crippen molar-refractivity contribution in [3.8, 4) is 0 Å². The zero-order chi connectivity index (χ0) is 11.5. The molecule has 0 atom stereocenters. The first kappa shape index (κ1) is 13.0. The van der Waals surface area contributed by atoms with Crippen LogP contribution in [0.2, 0.25) is 0 Å². The highest BCUT2D eigenvalue weighted by molar-refractivity contribution is 7.99. The second-order valence-electron chi connectivity index (χ2n) is 3.22. The average molecular weight is 239 g/mol. The average Bonchev–Trinajstić information content (AvgIpc) is 2.34. The molecule has 0 amide bonds. The summed E-state index contributed by atoms with van der Waals surface area (Å²) in [6, 6.07) is 0. The molecule has 0 aliphatic rings. The van der Waals surface area contributed by atoms with Crippen LogP contribution in [0.5, 0.6) is 0 Å². The number of hydrogen-bond donors (Lipinski definition) is 0. The van der Waals surface area contributed by atoms with E-state index in [2.05, 4.69) is 21.5 Å². The Bertz CT molecular complexity index is 282. The van der Waals surface area contributed by atoms with Gasteiger partial charge in [0.1, 0.15) is 12.7 Å². The van der Waals surface area contributed by atoms with Gasteiger partial charge in [0.05, 0.1) is 12.9 Å². The fourth-order valence-electron chi connectivity index (χ4n) is 1.19. The molecule has 0 fully saturated rings. The highest BCUT2D eigenvalue weighted by Crippen LogP contribution is 2.13. The molecule has 0 radical (unpaired) electrons. The van der Waals surface area contributed by atoms with E-state index in [9.17, 15) is 0 Å². The second-order valence-corrected chi connectivity index (χ2v) is 4.28. The van der Waals surface area contributed by atoms with Crippen LogP contribution in [0.15, 0.2) is 30.7 Å². The molecule has 16 heavy (non-hydrogen) atoms. The third-order valence-corrected chi connectivity index (χ3v) is 2.94. The summed E-state index contributed by atoms with van der Waals surface area (Å²) in [4.78, 5) is 11.9. The van der Waals surface area contributed by atoms with Crippen molar-refractivity contribution in [2.45, 2.75) is 30.8 Å². The molecule has 0 spiro atoms. The fourth-order valence-corrected chi connectivity index (χ4v) is 1.97. The van der Waals surface area contributed by atoms with Gasteiger partial charge in [-0.2, -0.15) is 0 Å². The first-order valence-electron chi connectivity index (χ1n) is 5.41. The highest BCUT2D eigenvalue weighted by atomic mass is 32.2. The van der Waals surface area contributed by atoms with E-state index >= 15 is 0 Å². The monoisotopic (exact) mass is 239 g/mol. The Balaban J connectivity index is 1.90. The number of nitrogens with zero attached hydrogens (tertiary/aromatic N) is 3. The van der Waals surface area contributed by atoms with Crippen LogP contribution in [0.4, 0.5) is 0 Å². The summed E-state index contributed by atoms with van der Waals surface area (Å²) >= 11 is 1.68. The largest absolute Gasteiger partial charge is 0.502 e. The lowest BCUT2D eigenvalue weighted by Gasteiger charge is -2.01.